The molecule has 9 heteroatoms. The van der Waals surface area contributed by atoms with Gasteiger partial charge in [0.05, 0.1) is 22.7 Å². The molecule has 4 rings (SSSR count). The van der Waals surface area contributed by atoms with Crippen LogP contribution in [-0.2, 0) is 22.6 Å². The fourth-order valence-corrected chi connectivity index (χ4v) is 4.93. The molecule has 2 heterocycles. The van der Waals surface area contributed by atoms with E-state index in [0.717, 1.165) is 26.9 Å². The summed E-state index contributed by atoms with van der Waals surface area (Å²) in [5, 5.41) is 11.0. The average molecular weight is 542 g/mol. The van der Waals surface area contributed by atoms with Crippen molar-refractivity contribution in [1.29, 1.82) is 0 Å². The highest BCUT2D eigenvalue weighted by atomic mass is 35.5. The summed E-state index contributed by atoms with van der Waals surface area (Å²) in [5.41, 5.74) is 5.49. The van der Waals surface area contributed by atoms with Gasteiger partial charge in [0.15, 0.2) is 0 Å². The molecule has 0 spiro atoms. The molecular formula is C27H26Cl2N4O2S. The Bertz CT molecular complexity index is 1400. The van der Waals surface area contributed by atoms with Crippen LogP contribution >= 0.6 is 34.5 Å². The van der Waals surface area contributed by atoms with Crippen molar-refractivity contribution < 1.29 is 9.59 Å². The molecule has 2 amide bonds. The van der Waals surface area contributed by atoms with E-state index in [9.17, 15) is 9.59 Å². The monoisotopic (exact) mass is 540 g/mol. The number of nitrogens with one attached hydrogen (secondary N) is 2. The lowest BCUT2D eigenvalue weighted by atomic mass is 10.0. The number of carbonyl (C=O) groups excluding carboxylic acids is 2. The fourth-order valence-electron chi connectivity index (χ4n) is 3.91. The number of hydrazone groups is 1. The summed E-state index contributed by atoms with van der Waals surface area (Å²) in [6, 6.07) is 16.7. The van der Waals surface area contributed by atoms with Crippen LogP contribution in [0.15, 0.2) is 71.3 Å². The van der Waals surface area contributed by atoms with Gasteiger partial charge < -0.3 is 9.88 Å². The highest BCUT2D eigenvalue weighted by Gasteiger charge is 2.24. The van der Waals surface area contributed by atoms with Gasteiger partial charge in [-0.3, -0.25) is 9.59 Å². The Morgan fingerprint density at radius 1 is 1.08 bits per heavy atom. The third-order valence-corrected chi connectivity index (χ3v) is 7.33. The molecule has 0 aliphatic rings. The maximum absolute atomic E-state index is 12.8. The first-order valence-corrected chi connectivity index (χ1v) is 13.1. The second-order valence-corrected chi connectivity index (χ2v) is 10.6. The van der Waals surface area contributed by atoms with E-state index in [-0.39, 0.29) is 24.2 Å². The van der Waals surface area contributed by atoms with Crippen LogP contribution in [0.25, 0.3) is 10.9 Å². The Hall–Kier alpha value is -3.13. The van der Waals surface area contributed by atoms with E-state index >= 15 is 0 Å². The zero-order chi connectivity index (χ0) is 25.7. The molecule has 0 unspecified atom stereocenters. The predicted molar refractivity (Wildman–Crippen MR) is 148 cm³/mol. The van der Waals surface area contributed by atoms with E-state index < -0.39 is 6.04 Å². The van der Waals surface area contributed by atoms with Crippen molar-refractivity contribution in [2.45, 2.75) is 32.9 Å². The molecule has 0 saturated heterocycles. The largest absolute Gasteiger partial charge is 0.344 e. The number of para-hydroxylation sites is 1. The quantitative estimate of drug-likeness (QED) is 0.205. The highest BCUT2D eigenvalue weighted by molar-refractivity contribution is 7.10. The number of benzene rings is 2. The lowest BCUT2D eigenvalue weighted by Crippen LogP contribution is -2.49. The van der Waals surface area contributed by atoms with Gasteiger partial charge in [-0.25, -0.2) is 5.43 Å². The minimum Gasteiger partial charge on any atom is -0.344 e. The number of hydrogen-bond donors (Lipinski definition) is 2. The molecule has 2 N–H and O–H groups in total. The molecule has 6 nitrogen and oxygen atoms in total. The maximum Gasteiger partial charge on any atom is 0.262 e. The lowest BCUT2D eigenvalue weighted by Gasteiger charge is -2.20. The van der Waals surface area contributed by atoms with Crippen molar-refractivity contribution in [3.63, 3.8) is 0 Å². The molecule has 0 saturated carbocycles. The molecule has 2 aromatic carbocycles. The normalized spacial score (nSPS) is 12.4. The predicted octanol–water partition coefficient (Wildman–Crippen LogP) is 5.89. The van der Waals surface area contributed by atoms with Crippen LogP contribution in [0.3, 0.4) is 0 Å². The number of aromatic nitrogens is 1. The van der Waals surface area contributed by atoms with Gasteiger partial charge in [0.25, 0.3) is 5.91 Å². The number of fused-ring (bicyclic) bond motifs is 1. The first-order valence-electron chi connectivity index (χ1n) is 11.5. The van der Waals surface area contributed by atoms with Crippen molar-refractivity contribution in [3.8, 4) is 0 Å². The first kappa shape index (κ1) is 25.9. The van der Waals surface area contributed by atoms with Crippen molar-refractivity contribution in [1.82, 2.24) is 15.3 Å². The molecule has 0 aliphatic heterocycles. The van der Waals surface area contributed by atoms with Crippen LogP contribution < -0.4 is 10.7 Å². The van der Waals surface area contributed by atoms with Gasteiger partial charge in [-0.1, -0.05) is 67.4 Å². The molecule has 0 aliphatic carbocycles. The topological polar surface area (TPSA) is 75.5 Å². The summed E-state index contributed by atoms with van der Waals surface area (Å²) in [7, 11) is 0. The molecule has 0 bridgehead atoms. The third kappa shape index (κ3) is 6.35. The first-order chi connectivity index (χ1) is 17.3. The van der Waals surface area contributed by atoms with Crippen LogP contribution in [-0.4, -0.2) is 28.6 Å². The summed E-state index contributed by atoms with van der Waals surface area (Å²) in [6.45, 7) is 4.37. The average Bonchev–Trinajstić information content (AvgIpc) is 3.48. The van der Waals surface area contributed by atoms with Gasteiger partial charge in [-0.05, 0) is 41.1 Å². The Kier molecular flexibility index (Phi) is 8.46. The van der Waals surface area contributed by atoms with Crippen LogP contribution in [0.1, 0.15) is 29.9 Å². The van der Waals surface area contributed by atoms with Gasteiger partial charge in [-0.2, -0.15) is 5.10 Å². The number of carbonyl (C=O) groups is 2. The number of halogens is 2. The second-order valence-electron chi connectivity index (χ2n) is 8.76. The van der Waals surface area contributed by atoms with Crippen molar-refractivity contribution in [3.05, 3.63) is 92.2 Å². The van der Waals surface area contributed by atoms with Gasteiger partial charge >= 0.3 is 0 Å². The van der Waals surface area contributed by atoms with Gasteiger partial charge in [0.2, 0.25) is 5.91 Å². The van der Waals surface area contributed by atoms with Gasteiger partial charge in [-0.15, -0.1) is 11.3 Å². The van der Waals surface area contributed by atoms with Crippen molar-refractivity contribution in [2.75, 3.05) is 0 Å². The Morgan fingerprint density at radius 3 is 2.61 bits per heavy atom. The lowest BCUT2D eigenvalue weighted by molar-refractivity contribution is -0.129. The van der Waals surface area contributed by atoms with E-state index in [0.29, 0.717) is 16.6 Å². The van der Waals surface area contributed by atoms with E-state index in [1.54, 1.807) is 12.3 Å². The molecule has 4 aromatic rings. The molecule has 1 atom stereocenters. The molecule has 36 heavy (non-hydrogen) atoms. The molecular weight excluding hydrogens is 515 g/mol. The zero-order valence-electron chi connectivity index (χ0n) is 19.9. The Balaban J connectivity index is 1.46. The third-order valence-electron chi connectivity index (χ3n) is 5.72. The number of nitrogens with zero attached hydrogens (tertiary/aromatic N) is 2. The van der Waals surface area contributed by atoms with Crippen molar-refractivity contribution >= 4 is 63.5 Å². The standard InChI is InChI=1S/C27H26Cl2N4O2S/c1-17(2)26(31-25(34)13-20-6-5-11-36-20)27(35)32-30-14-19-16-33(24-8-4-3-7-21(19)24)15-18-9-10-22(28)23(29)12-18/h3-12,14,16-17,26H,13,15H2,1-2H3,(H,31,34)(H,32,35)/b30-14-/t26-/m1/s1. The van der Waals surface area contributed by atoms with Crippen molar-refractivity contribution in [2.24, 2.45) is 11.0 Å². The molecule has 186 valence electrons. The fraction of sp³-hybridized carbons (Fsp3) is 0.222. The highest BCUT2D eigenvalue weighted by Crippen LogP contribution is 2.25. The number of rotatable bonds is 9. The number of hydrogen-bond acceptors (Lipinski definition) is 4. The van der Waals surface area contributed by atoms with Gasteiger partial charge in [0, 0.05) is 34.1 Å². The zero-order valence-corrected chi connectivity index (χ0v) is 22.2. The molecule has 0 radical (unpaired) electrons. The Morgan fingerprint density at radius 2 is 1.89 bits per heavy atom. The summed E-state index contributed by atoms with van der Waals surface area (Å²) >= 11 is 13.8. The van der Waals surface area contributed by atoms with Crippen LogP contribution in [0, 0.1) is 5.92 Å². The summed E-state index contributed by atoms with van der Waals surface area (Å²) in [6.07, 6.45) is 3.85. The second kappa shape index (κ2) is 11.7. The maximum atomic E-state index is 12.8. The summed E-state index contributed by atoms with van der Waals surface area (Å²) < 4.78 is 2.10. The molecule has 0 fully saturated rings. The minimum absolute atomic E-state index is 0.0967. The van der Waals surface area contributed by atoms with Crippen LogP contribution in [0.4, 0.5) is 0 Å². The van der Waals surface area contributed by atoms with Crippen LogP contribution in [0.5, 0.6) is 0 Å². The van der Waals surface area contributed by atoms with E-state index in [2.05, 4.69) is 20.4 Å². The SMILES string of the molecule is CC(C)[C@@H](NC(=O)Cc1cccs1)C(=O)N/N=C\c1cn(Cc2ccc(Cl)c(Cl)c2)c2ccccc12. The van der Waals surface area contributed by atoms with Crippen LogP contribution in [0.2, 0.25) is 10.0 Å². The summed E-state index contributed by atoms with van der Waals surface area (Å²) in [4.78, 5) is 26.2. The molecule has 2 aromatic heterocycles. The minimum atomic E-state index is -0.689. The summed E-state index contributed by atoms with van der Waals surface area (Å²) in [5.74, 6) is -0.651. The number of thiophene rings is 1. The van der Waals surface area contributed by atoms with E-state index in [4.69, 9.17) is 23.2 Å². The smallest absolute Gasteiger partial charge is 0.262 e. The van der Waals surface area contributed by atoms with Gasteiger partial charge in [0.1, 0.15) is 6.04 Å². The van der Waals surface area contributed by atoms with E-state index in [1.165, 1.54) is 11.3 Å². The Labute approximate surface area is 223 Å². The van der Waals surface area contributed by atoms with E-state index in [1.807, 2.05) is 74.0 Å². The number of amides is 2.